The summed E-state index contributed by atoms with van der Waals surface area (Å²) in [5.41, 5.74) is 7.49. The van der Waals surface area contributed by atoms with E-state index in [9.17, 15) is 9.59 Å². The van der Waals surface area contributed by atoms with E-state index >= 15 is 0 Å². The monoisotopic (exact) mass is 408 g/mol. The van der Waals surface area contributed by atoms with Gasteiger partial charge in [0.25, 0.3) is 0 Å². The SMILES string of the molecule is CC(=O)N1CCC(COc2ccc(-c3nc4cc(OC(N)=O)ccc4[nH]3)cc2)CC1. The average Bonchev–Trinajstić information content (AvgIpc) is 3.16. The lowest BCUT2D eigenvalue weighted by Gasteiger charge is -2.31. The summed E-state index contributed by atoms with van der Waals surface area (Å²) in [6.45, 7) is 3.88. The number of nitrogens with zero attached hydrogens (tertiary/aromatic N) is 2. The second-order valence-corrected chi connectivity index (χ2v) is 7.47. The highest BCUT2D eigenvalue weighted by molar-refractivity contribution is 5.81. The zero-order chi connectivity index (χ0) is 21.1. The Morgan fingerprint density at radius 2 is 1.83 bits per heavy atom. The van der Waals surface area contributed by atoms with Crippen LogP contribution in [0.1, 0.15) is 19.8 Å². The number of nitrogens with two attached hydrogens (primary N) is 1. The van der Waals surface area contributed by atoms with Crippen LogP contribution in [0.25, 0.3) is 22.4 Å². The number of likely N-dealkylation sites (tertiary alicyclic amines) is 1. The van der Waals surface area contributed by atoms with Gasteiger partial charge in [0, 0.05) is 31.6 Å². The molecule has 4 rings (SSSR count). The Hall–Kier alpha value is -3.55. The average molecular weight is 408 g/mol. The highest BCUT2D eigenvalue weighted by atomic mass is 16.5. The van der Waals surface area contributed by atoms with Gasteiger partial charge in [0.2, 0.25) is 5.91 Å². The molecule has 156 valence electrons. The van der Waals surface area contributed by atoms with Gasteiger partial charge in [0.05, 0.1) is 17.6 Å². The molecule has 0 aliphatic carbocycles. The van der Waals surface area contributed by atoms with Crippen molar-refractivity contribution in [3.05, 3.63) is 42.5 Å². The van der Waals surface area contributed by atoms with Gasteiger partial charge in [-0.15, -0.1) is 0 Å². The topological polar surface area (TPSA) is 111 Å². The molecule has 1 fully saturated rings. The smallest absolute Gasteiger partial charge is 0.409 e. The Kier molecular flexibility index (Phi) is 5.56. The molecule has 2 heterocycles. The number of piperidine rings is 1. The first-order chi connectivity index (χ1) is 14.5. The molecular weight excluding hydrogens is 384 g/mol. The Labute approximate surface area is 174 Å². The lowest BCUT2D eigenvalue weighted by molar-refractivity contribution is -0.130. The highest BCUT2D eigenvalue weighted by Crippen LogP contribution is 2.26. The second kappa shape index (κ2) is 8.44. The molecule has 0 bridgehead atoms. The summed E-state index contributed by atoms with van der Waals surface area (Å²) in [7, 11) is 0. The number of fused-ring (bicyclic) bond motifs is 1. The number of hydrogen-bond donors (Lipinski definition) is 2. The normalized spacial score (nSPS) is 14.6. The number of benzene rings is 2. The standard InChI is InChI=1S/C22H24N4O4/c1-14(27)26-10-8-15(9-11-26)13-29-17-4-2-16(3-5-17)21-24-19-7-6-18(30-22(23)28)12-20(19)25-21/h2-7,12,15H,8-11,13H2,1H3,(H2,23,28)(H,24,25). The predicted molar refractivity (Wildman–Crippen MR) is 112 cm³/mol. The molecular formula is C22H24N4O4. The van der Waals surface area contributed by atoms with Crippen LogP contribution < -0.4 is 15.2 Å². The van der Waals surface area contributed by atoms with E-state index in [0.717, 1.165) is 42.8 Å². The van der Waals surface area contributed by atoms with Crippen LogP contribution in [0.2, 0.25) is 0 Å². The molecule has 8 nitrogen and oxygen atoms in total. The fourth-order valence-electron chi connectivity index (χ4n) is 3.64. The third-order valence-electron chi connectivity index (χ3n) is 5.35. The number of nitrogens with one attached hydrogen (secondary N) is 1. The number of primary amides is 1. The summed E-state index contributed by atoms with van der Waals surface area (Å²) in [5, 5.41) is 0. The Balaban J connectivity index is 1.37. The number of aromatic nitrogens is 2. The molecule has 2 aromatic carbocycles. The summed E-state index contributed by atoms with van der Waals surface area (Å²) >= 11 is 0. The minimum atomic E-state index is -0.856. The number of imidazole rings is 1. The van der Waals surface area contributed by atoms with Crippen molar-refractivity contribution in [3.8, 4) is 22.9 Å². The minimum absolute atomic E-state index is 0.146. The van der Waals surface area contributed by atoms with Crippen molar-refractivity contribution in [1.82, 2.24) is 14.9 Å². The lowest BCUT2D eigenvalue weighted by Crippen LogP contribution is -2.38. The fraction of sp³-hybridized carbons (Fsp3) is 0.318. The number of amides is 2. The summed E-state index contributed by atoms with van der Waals surface area (Å²) in [6.07, 6.45) is 1.08. The van der Waals surface area contributed by atoms with Gasteiger partial charge >= 0.3 is 6.09 Å². The van der Waals surface area contributed by atoms with E-state index in [1.165, 1.54) is 0 Å². The van der Waals surface area contributed by atoms with E-state index in [2.05, 4.69) is 9.97 Å². The lowest BCUT2D eigenvalue weighted by atomic mass is 9.98. The molecule has 1 aliphatic rings. The van der Waals surface area contributed by atoms with E-state index in [4.69, 9.17) is 15.2 Å². The number of hydrogen-bond acceptors (Lipinski definition) is 5. The van der Waals surface area contributed by atoms with Crippen molar-refractivity contribution in [2.24, 2.45) is 11.7 Å². The molecule has 3 aromatic rings. The molecule has 2 amide bonds. The van der Waals surface area contributed by atoms with E-state index in [0.29, 0.717) is 29.6 Å². The molecule has 1 aliphatic heterocycles. The van der Waals surface area contributed by atoms with Crippen LogP contribution in [-0.4, -0.2) is 46.6 Å². The maximum absolute atomic E-state index is 11.4. The predicted octanol–water partition coefficient (Wildman–Crippen LogP) is 3.32. The van der Waals surface area contributed by atoms with Crippen LogP contribution >= 0.6 is 0 Å². The van der Waals surface area contributed by atoms with Crippen molar-refractivity contribution < 1.29 is 19.1 Å². The van der Waals surface area contributed by atoms with Crippen LogP contribution in [0.3, 0.4) is 0 Å². The molecule has 3 N–H and O–H groups in total. The number of carbonyl (C=O) groups excluding carboxylic acids is 2. The van der Waals surface area contributed by atoms with Crippen molar-refractivity contribution in [2.45, 2.75) is 19.8 Å². The van der Waals surface area contributed by atoms with Crippen molar-refractivity contribution >= 4 is 23.0 Å². The van der Waals surface area contributed by atoms with Gasteiger partial charge in [0.15, 0.2) is 0 Å². The van der Waals surface area contributed by atoms with Gasteiger partial charge in [-0.05, 0) is 55.2 Å². The van der Waals surface area contributed by atoms with Crippen LogP contribution in [0, 0.1) is 5.92 Å². The summed E-state index contributed by atoms with van der Waals surface area (Å²) < 4.78 is 10.8. The molecule has 1 aromatic heterocycles. The van der Waals surface area contributed by atoms with Crippen molar-refractivity contribution in [1.29, 1.82) is 0 Å². The first-order valence-electron chi connectivity index (χ1n) is 9.94. The van der Waals surface area contributed by atoms with E-state index in [-0.39, 0.29) is 5.91 Å². The fourth-order valence-corrected chi connectivity index (χ4v) is 3.64. The van der Waals surface area contributed by atoms with Crippen LogP contribution in [0.5, 0.6) is 11.5 Å². The zero-order valence-electron chi connectivity index (χ0n) is 16.8. The molecule has 1 saturated heterocycles. The number of aromatic amines is 1. The van der Waals surface area contributed by atoms with Crippen LogP contribution in [0.4, 0.5) is 4.79 Å². The van der Waals surface area contributed by atoms with Gasteiger partial charge < -0.3 is 25.1 Å². The first kappa shape index (κ1) is 19.8. The summed E-state index contributed by atoms with van der Waals surface area (Å²) in [6, 6.07) is 12.9. The van der Waals surface area contributed by atoms with E-state index in [1.54, 1.807) is 25.1 Å². The maximum Gasteiger partial charge on any atom is 0.409 e. The quantitative estimate of drug-likeness (QED) is 0.673. The first-order valence-corrected chi connectivity index (χ1v) is 9.94. The zero-order valence-corrected chi connectivity index (χ0v) is 16.8. The molecule has 0 radical (unpaired) electrons. The Morgan fingerprint density at radius 3 is 2.50 bits per heavy atom. The maximum atomic E-state index is 11.4. The Morgan fingerprint density at radius 1 is 1.13 bits per heavy atom. The van der Waals surface area contributed by atoms with Gasteiger partial charge in [-0.3, -0.25) is 4.79 Å². The third-order valence-corrected chi connectivity index (χ3v) is 5.35. The van der Waals surface area contributed by atoms with Crippen molar-refractivity contribution in [3.63, 3.8) is 0 Å². The van der Waals surface area contributed by atoms with Crippen molar-refractivity contribution in [2.75, 3.05) is 19.7 Å². The third kappa shape index (κ3) is 4.53. The largest absolute Gasteiger partial charge is 0.493 e. The number of carbonyl (C=O) groups is 2. The van der Waals surface area contributed by atoms with E-state index in [1.807, 2.05) is 29.2 Å². The Bertz CT molecular complexity index is 1050. The molecule has 8 heteroatoms. The second-order valence-electron chi connectivity index (χ2n) is 7.47. The molecule has 0 atom stereocenters. The van der Waals surface area contributed by atoms with E-state index < -0.39 is 6.09 Å². The van der Waals surface area contributed by atoms with Gasteiger partial charge in [-0.25, -0.2) is 9.78 Å². The molecule has 0 unspecified atom stereocenters. The number of rotatable bonds is 5. The summed E-state index contributed by atoms with van der Waals surface area (Å²) in [4.78, 5) is 32.0. The van der Waals surface area contributed by atoms with Crippen LogP contribution in [0.15, 0.2) is 42.5 Å². The minimum Gasteiger partial charge on any atom is -0.493 e. The van der Waals surface area contributed by atoms with Gasteiger partial charge in [-0.2, -0.15) is 0 Å². The number of H-pyrrole nitrogens is 1. The molecule has 30 heavy (non-hydrogen) atoms. The highest BCUT2D eigenvalue weighted by Gasteiger charge is 2.21. The summed E-state index contributed by atoms with van der Waals surface area (Å²) in [5.74, 6) is 2.48. The van der Waals surface area contributed by atoms with Gasteiger partial charge in [-0.1, -0.05) is 0 Å². The van der Waals surface area contributed by atoms with Crippen LogP contribution in [-0.2, 0) is 4.79 Å². The van der Waals surface area contributed by atoms with Gasteiger partial charge in [0.1, 0.15) is 17.3 Å². The number of ether oxygens (including phenoxy) is 2. The molecule has 0 spiro atoms. The molecule has 0 saturated carbocycles.